The molecule has 0 fully saturated rings. The van der Waals surface area contributed by atoms with Gasteiger partial charge in [0.25, 0.3) is 5.91 Å². The Kier molecular flexibility index (Phi) is 9.59. The summed E-state index contributed by atoms with van der Waals surface area (Å²) in [6.07, 6.45) is -0.709. The summed E-state index contributed by atoms with van der Waals surface area (Å²) < 4.78 is 5.42. The van der Waals surface area contributed by atoms with Gasteiger partial charge in [-0.1, -0.05) is 38.1 Å². The molecule has 3 N–H and O–H groups in total. The van der Waals surface area contributed by atoms with Crippen molar-refractivity contribution < 1.29 is 24.2 Å². The van der Waals surface area contributed by atoms with Crippen molar-refractivity contribution in [1.82, 2.24) is 10.2 Å². The van der Waals surface area contributed by atoms with Gasteiger partial charge >= 0.3 is 6.09 Å². The summed E-state index contributed by atoms with van der Waals surface area (Å²) in [5, 5.41) is 15.9. The van der Waals surface area contributed by atoms with Gasteiger partial charge in [-0.2, -0.15) is 0 Å². The maximum Gasteiger partial charge on any atom is 0.408 e. The van der Waals surface area contributed by atoms with E-state index in [1.165, 1.54) is 11.0 Å². The van der Waals surface area contributed by atoms with E-state index in [9.17, 15) is 19.5 Å². The number of benzene rings is 2. The van der Waals surface area contributed by atoms with Crippen molar-refractivity contribution >= 4 is 23.6 Å². The van der Waals surface area contributed by atoms with Crippen LogP contribution in [0.3, 0.4) is 0 Å². The zero-order valence-corrected chi connectivity index (χ0v) is 24.3. The number of alkyl carbamates (subject to hydrolysis) is 1. The SMILES string of the molecule is Cc1cc(C(C(=O)Nc2ccccc2C)N(C(=O)C(NC(=O)OC(C)(C)C)C(C)C)C(C)(C)C)ccc1O. The number of phenolic OH excluding ortho intramolecular Hbond substituents is 1. The molecular formula is C30H43N3O5. The highest BCUT2D eigenvalue weighted by Gasteiger charge is 2.43. The van der Waals surface area contributed by atoms with Crippen LogP contribution in [0, 0.1) is 19.8 Å². The number of amides is 3. The Morgan fingerprint density at radius 3 is 2.03 bits per heavy atom. The number of nitrogens with one attached hydrogen (secondary N) is 2. The summed E-state index contributed by atoms with van der Waals surface area (Å²) in [6, 6.07) is 10.3. The van der Waals surface area contributed by atoms with E-state index in [1.807, 2.05) is 59.7 Å². The minimum Gasteiger partial charge on any atom is -0.508 e. The number of carbonyl (C=O) groups is 3. The van der Waals surface area contributed by atoms with Crippen LogP contribution >= 0.6 is 0 Å². The molecule has 0 aliphatic carbocycles. The van der Waals surface area contributed by atoms with Crippen LogP contribution < -0.4 is 10.6 Å². The number of aryl methyl sites for hydroxylation is 2. The molecule has 0 spiro atoms. The molecule has 0 saturated heterocycles. The summed E-state index contributed by atoms with van der Waals surface area (Å²) in [4.78, 5) is 42.4. The lowest BCUT2D eigenvalue weighted by Gasteiger charge is -2.43. The number of phenols is 1. The molecule has 0 aromatic heterocycles. The zero-order chi connectivity index (χ0) is 29.0. The molecule has 8 nitrogen and oxygen atoms in total. The van der Waals surface area contributed by atoms with Gasteiger partial charge in [0.15, 0.2) is 0 Å². The van der Waals surface area contributed by atoms with Gasteiger partial charge in [0, 0.05) is 11.2 Å². The molecule has 2 atom stereocenters. The maximum absolute atomic E-state index is 14.2. The van der Waals surface area contributed by atoms with Crippen LogP contribution in [0.4, 0.5) is 10.5 Å². The van der Waals surface area contributed by atoms with Gasteiger partial charge in [-0.25, -0.2) is 4.79 Å². The molecule has 208 valence electrons. The third-order valence-electron chi connectivity index (χ3n) is 6.01. The Hall–Kier alpha value is -3.55. The first-order valence-electron chi connectivity index (χ1n) is 12.9. The standard InChI is InChI=1S/C30H43N3O5/c1-18(2)24(32-28(37)38-30(8,9)10)27(36)33(29(5,6)7)25(21-15-16-23(34)20(4)17-21)26(35)31-22-14-12-11-13-19(22)3/h11-18,24-25,34H,1-10H3,(H,31,35)(H,32,37). The molecule has 2 rings (SSSR count). The average Bonchev–Trinajstić information content (AvgIpc) is 2.76. The van der Waals surface area contributed by atoms with Crippen molar-refractivity contribution in [2.45, 2.75) is 92.5 Å². The zero-order valence-electron chi connectivity index (χ0n) is 24.3. The lowest BCUT2D eigenvalue weighted by molar-refractivity contribution is -0.147. The maximum atomic E-state index is 14.2. The molecular weight excluding hydrogens is 482 g/mol. The van der Waals surface area contributed by atoms with Gasteiger partial charge in [-0.15, -0.1) is 0 Å². The van der Waals surface area contributed by atoms with E-state index in [0.29, 0.717) is 16.8 Å². The normalized spacial score (nSPS) is 13.4. The van der Waals surface area contributed by atoms with Gasteiger partial charge in [0.1, 0.15) is 23.4 Å². The van der Waals surface area contributed by atoms with E-state index in [1.54, 1.807) is 45.9 Å². The number of carbonyl (C=O) groups excluding carboxylic acids is 3. The van der Waals surface area contributed by atoms with E-state index >= 15 is 0 Å². The fraction of sp³-hybridized carbons (Fsp3) is 0.500. The molecule has 0 aliphatic heterocycles. The predicted molar refractivity (Wildman–Crippen MR) is 150 cm³/mol. The highest BCUT2D eigenvalue weighted by atomic mass is 16.6. The molecule has 2 unspecified atom stereocenters. The van der Waals surface area contributed by atoms with E-state index < -0.39 is 41.1 Å². The first-order chi connectivity index (χ1) is 17.4. The lowest BCUT2D eigenvalue weighted by atomic mass is 9.92. The highest BCUT2D eigenvalue weighted by Crippen LogP contribution is 2.34. The Morgan fingerprint density at radius 2 is 1.53 bits per heavy atom. The van der Waals surface area contributed by atoms with E-state index in [2.05, 4.69) is 10.6 Å². The second kappa shape index (κ2) is 11.9. The van der Waals surface area contributed by atoms with Crippen molar-refractivity contribution in [3.05, 3.63) is 59.2 Å². The van der Waals surface area contributed by atoms with Crippen LogP contribution in [0.15, 0.2) is 42.5 Å². The largest absolute Gasteiger partial charge is 0.508 e. The van der Waals surface area contributed by atoms with Gasteiger partial charge in [0.2, 0.25) is 5.91 Å². The van der Waals surface area contributed by atoms with E-state index in [0.717, 1.165) is 5.56 Å². The minimum absolute atomic E-state index is 0.0899. The van der Waals surface area contributed by atoms with Crippen LogP contribution in [0.2, 0.25) is 0 Å². The Bertz CT molecular complexity index is 1160. The fourth-order valence-corrected chi connectivity index (χ4v) is 4.12. The van der Waals surface area contributed by atoms with Crippen LogP contribution in [0.1, 0.15) is 78.1 Å². The quantitative estimate of drug-likeness (QED) is 0.419. The van der Waals surface area contributed by atoms with E-state index in [4.69, 9.17) is 4.74 Å². The average molecular weight is 526 g/mol. The predicted octanol–water partition coefficient (Wildman–Crippen LogP) is 5.87. The van der Waals surface area contributed by atoms with Crippen molar-refractivity contribution in [2.24, 2.45) is 5.92 Å². The molecule has 0 bridgehead atoms. The molecule has 0 heterocycles. The van der Waals surface area contributed by atoms with Gasteiger partial charge in [0.05, 0.1) is 0 Å². The molecule has 8 heteroatoms. The third kappa shape index (κ3) is 7.97. The molecule has 38 heavy (non-hydrogen) atoms. The summed E-state index contributed by atoms with van der Waals surface area (Å²) in [5.41, 5.74) is 1.06. The number of anilines is 1. The molecule has 2 aromatic rings. The number of aromatic hydroxyl groups is 1. The summed E-state index contributed by atoms with van der Waals surface area (Å²) in [6.45, 7) is 18.1. The Morgan fingerprint density at radius 1 is 0.921 bits per heavy atom. The molecule has 0 saturated carbocycles. The van der Waals surface area contributed by atoms with Crippen molar-refractivity contribution in [3.8, 4) is 5.75 Å². The first-order valence-corrected chi connectivity index (χ1v) is 12.9. The number of hydrogen-bond donors (Lipinski definition) is 3. The van der Waals surface area contributed by atoms with Crippen LogP contribution in [0.25, 0.3) is 0 Å². The third-order valence-corrected chi connectivity index (χ3v) is 6.01. The topological polar surface area (TPSA) is 108 Å². The van der Waals surface area contributed by atoms with Gasteiger partial charge < -0.3 is 25.4 Å². The fourth-order valence-electron chi connectivity index (χ4n) is 4.12. The summed E-state index contributed by atoms with van der Waals surface area (Å²) in [5.74, 6) is -1.03. The number of para-hydroxylation sites is 1. The number of ether oxygens (including phenoxy) is 1. The smallest absolute Gasteiger partial charge is 0.408 e. The molecule has 2 aromatic carbocycles. The Labute approximate surface area is 226 Å². The molecule has 0 radical (unpaired) electrons. The van der Waals surface area contributed by atoms with Gasteiger partial charge in [-0.05, 0) is 96.2 Å². The van der Waals surface area contributed by atoms with Crippen molar-refractivity contribution in [3.63, 3.8) is 0 Å². The van der Waals surface area contributed by atoms with Crippen LogP contribution in [-0.4, -0.2) is 45.1 Å². The first kappa shape index (κ1) is 30.7. The van der Waals surface area contributed by atoms with Crippen molar-refractivity contribution in [1.29, 1.82) is 0 Å². The highest BCUT2D eigenvalue weighted by molar-refractivity contribution is 5.99. The monoisotopic (exact) mass is 525 g/mol. The van der Waals surface area contributed by atoms with Gasteiger partial charge in [-0.3, -0.25) is 9.59 Å². The Balaban J connectivity index is 2.63. The van der Waals surface area contributed by atoms with Crippen molar-refractivity contribution in [2.75, 3.05) is 5.32 Å². The molecule has 0 aliphatic rings. The number of rotatable bonds is 7. The van der Waals surface area contributed by atoms with Crippen LogP contribution in [0.5, 0.6) is 5.75 Å². The lowest BCUT2D eigenvalue weighted by Crippen LogP contribution is -2.59. The second-order valence-electron chi connectivity index (χ2n) is 12.0. The summed E-state index contributed by atoms with van der Waals surface area (Å²) >= 11 is 0. The van der Waals surface area contributed by atoms with E-state index in [-0.39, 0.29) is 11.7 Å². The number of hydrogen-bond acceptors (Lipinski definition) is 5. The van der Waals surface area contributed by atoms with Crippen LogP contribution in [-0.2, 0) is 14.3 Å². The second-order valence-corrected chi connectivity index (χ2v) is 12.0. The minimum atomic E-state index is -1.05. The summed E-state index contributed by atoms with van der Waals surface area (Å²) in [7, 11) is 0. The molecule has 3 amide bonds. The number of nitrogens with zero attached hydrogens (tertiary/aromatic N) is 1.